The molecule has 1 heterocycles. The van der Waals surface area contributed by atoms with Gasteiger partial charge in [-0.3, -0.25) is 10.1 Å². The minimum absolute atomic E-state index is 0.0791. The molecule has 0 unspecified atom stereocenters. The molecule has 0 fully saturated rings. The van der Waals surface area contributed by atoms with Crippen molar-refractivity contribution < 1.29 is 36.7 Å². The second-order valence-corrected chi connectivity index (χ2v) is 7.77. The highest BCUT2D eigenvalue weighted by Crippen LogP contribution is 2.33. The summed E-state index contributed by atoms with van der Waals surface area (Å²) in [6, 6.07) is 5.14. The van der Waals surface area contributed by atoms with Gasteiger partial charge < -0.3 is 14.2 Å². The second kappa shape index (κ2) is 8.11. The Balaban J connectivity index is 1.87. The molecule has 0 saturated heterocycles. The van der Waals surface area contributed by atoms with E-state index in [0.717, 1.165) is 18.2 Å². The fourth-order valence-corrected chi connectivity index (χ4v) is 3.42. The van der Waals surface area contributed by atoms with Crippen LogP contribution in [0.15, 0.2) is 35.2 Å². The summed E-state index contributed by atoms with van der Waals surface area (Å²) in [7, 11) is -2.73. The summed E-state index contributed by atoms with van der Waals surface area (Å²) in [6.07, 6.45) is 0. The Kier molecular flexibility index (Phi) is 5.77. The number of nitro benzene ring substituents is 1. The summed E-state index contributed by atoms with van der Waals surface area (Å²) in [6.45, 7) is -0.452. The molecule has 0 aliphatic carbocycles. The highest BCUT2D eigenvalue weighted by atomic mass is 32.2. The fraction of sp³-hybridized carbons (Fsp3) is 0.235. The van der Waals surface area contributed by atoms with Crippen LogP contribution in [0.4, 0.5) is 10.1 Å². The van der Waals surface area contributed by atoms with Crippen molar-refractivity contribution in [3.8, 4) is 5.75 Å². The Morgan fingerprint density at radius 1 is 1.34 bits per heavy atom. The lowest BCUT2D eigenvalue weighted by molar-refractivity contribution is -0.385. The number of rotatable bonds is 6. The second-order valence-electron chi connectivity index (χ2n) is 5.89. The van der Waals surface area contributed by atoms with Gasteiger partial charge in [-0.25, -0.2) is 22.3 Å². The summed E-state index contributed by atoms with van der Waals surface area (Å²) >= 11 is 0. The highest BCUT2D eigenvalue weighted by Gasteiger charge is 2.23. The molecule has 154 valence electrons. The van der Waals surface area contributed by atoms with Crippen LogP contribution in [0.25, 0.3) is 0 Å². The van der Waals surface area contributed by atoms with Crippen LogP contribution in [0.5, 0.6) is 5.75 Å². The third-order valence-corrected chi connectivity index (χ3v) is 5.49. The highest BCUT2D eigenvalue weighted by molar-refractivity contribution is 7.89. The van der Waals surface area contributed by atoms with Crippen molar-refractivity contribution in [1.82, 2.24) is 4.72 Å². The van der Waals surface area contributed by atoms with Gasteiger partial charge in [0.1, 0.15) is 18.2 Å². The molecule has 0 aromatic heterocycles. The molecule has 29 heavy (non-hydrogen) atoms. The predicted molar refractivity (Wildman–Crippen MR) is 95.1 cm³/mol. The van der Waals surface area contributed by atoms with E-state index in [2.05, 4.69) is 4.72 Å². The van der Waals surface area contributed by atoms with Crippen molar-refractivity contribution in [1.29, 1.82) is 0 Å². The van der Waals surface area contributed by atoms with Gasteiger partial charge in [-0.15, -0.1) is 0 Å². The smallest absolute Gasteiger partial charge is 0.341 e. The number of sulfonamides is 1. The predicted octanol–water partition coefficient (Wildman–Crippen LogP) is 1.87. The Hall–Kier alpha value is -3.09. The fourth-order valence-electron chi connectivity index (χ4n) is 2.66. The van der Waals surface area contributed by atoms with Gasteiger partial charge in [0.15, 0.2) is 6.79 Å². The molecule has 10 nitrogen and oxygen atoms in total. The van der Waals surface area contributed by atoms with Gasteiger partial charge in [0, 0.05) is 23.3 Å². The molecule has 0 radical (unpaired) electrons. The first kappa shape index (κ1) is 20.6. The van der Waals surface area contributed by atoms with Gasteiger partial charge in [0.25, 0.3) is 5.69 Å². The number of nitro groups is 1. The monoisotopic (exact) mass is 426 g/mol. The van der Waals surface area contributed by atoms with Crippen molar-refractivity contribution in [3.05, 3.63) is 63.0 Å². The van der Waals surface area contributed by atoms with Gasteiger partial charge >= 0.3 is 5.97 Å². The van der Waals surface area contributed by atoms with E-state index in [0.29, 0.717) is 5.56 Å². The van der Waals surface area contributed by atoms with Gasteiger partial charge in [0.2, 0.25) is 10.0 Å². The maximum Gasteiger partial charge on any atom is 0.341 e. The van der Waals surface area contributed by atoms with Crippen LogP contribution in [0.1, 0.15) is 21.5 Å². The topological polar surface area (TPSA) is 134 Å². The quantitative estimate of drug-likeness (QED) is 0.420. The molecule has 2 aromatic rings. The zero-order valence-electron chi connectivity index (χ0n) is 15.0. The van der Waals surface area contributed by atoms with Crippen LogP contribution in [0, 0.1) is 15.9 Å². The maximum absolute atomic E-state index is 14.0. The van der Waals surface area contributed by atoms with Crippen LogP contribution in [-0.2, 0) is 32.7 Å². The van der Waals surface area contributed by atoms with E-state index in [1.165, 1.54) is 19.2 Å². The van der Waals surface area contributed by atoms with E-state index in [1.807, 2.05) is 0 Å². The van der Waals surface area contributed by atoms with E-state index in [1.54, 1.807) is 0 Å². The Bertz CT molecular complexity index is 1090. The van der Waals surface area contributed by atoms with Crippen LogP contribution < -0.4 is 9.46 Å². The van der Waals surface area contributed by atoms with Crippen LogP contribution in [0.2, 0.25) is 0 Å². The summed E-state index contributed by atoms with van der Waals surface area (Å²) in [5.74, 6) is -1.83. The number of halogens is 1. The van der Waals surface area contributed by atoms with Crippen LogP contribution >= 0.6 is 0 Å². The number of hydrogen-bond acceptors (Lipinski definition) is 8. The lowest BCUT2D eigenvalue weighted by Crippen LogP contribution is -2.19. The maximum atomic E-state index is 14.0. The molecule has 0 spiro atoms. The molecule has 0 saturated carbocycles. The number of ether oxygens (including phenoxy) is 3. The molecule has 0 bridgehead atoms. The number of fused-ring (bicyclic) bond motifs is 1. The zero-order chi connectivity index (χ0) is 21.2. The lowest BCUT2D eigenvalue weighted by Gasteiger charge is -2.20. The van der Waals surface area contributed by atoms with Gasteiger partial charge in [0.05, 0.1) is 22.0 Å². The first-order valence-corrected chi connectivity index (χ1v) is 9.62. The summed E-state index contributed by atoms with van der Waals surface area (Å²) < 4.78 is 55.3. The minimum Gasteiger partial charge on any atom is -0.467 e. The molecule has 1 N–H and O–H groups in total. The Morgan fingerprint density at radius 3 is 2.79 bits per heavy atom. The average molecular weight is 426 g/mol. The average Bonchev–Trinajstić information content (AvgIpc) is 2.71. The number of carbonyl (C=O) groups excluding carboxylic acids is 1. The molecule has 2 aromatic carbocycles. The van der Waals surface area contributed by atoms with Crippen molar-refractivity contribution in [2.75, 3.05) is 13.8 Å². The Labute approximate surface area is 164 Å². The van der Waals surface area contributed by atoms with Crippen LogP contribution in [0.3, 0.4) is 0 Å². The number of carbonyl (C=O) groups is 1. The van der Waals surface area contributed by atoms with Gasteiger partial charge in [-0.2, -0.15) is 0 Å². The van der Waals surface area contributed by atoms with Crippen LogP contribution in [-0.4, -0.2) is 33.2 Å². The van der Waals surface area contributed by atoms with Gasteiger partial charge in [-0.1, -0.05) is 0 Å². The van der Waals surface area contributed by atoms with E-state index < -0.39 is 38.9 Å². The summed E-state index contributed by atoms with van der Waals surface area (Å²) in [4.78, 5) is 22.5. The molecular weight excluding hydrogens is 411 g/mol. The Morgan fingerprint density at radius 2 is 2.10 bits per heavy atom. The first-order chi connectivity index (χ1) is 13.7. The largest absolute Gasteiger partial charge is 0.467 e. The molecular formula is C17H15FN2O8S. The van der Waals surface area contributed by atoms with Crippen molar-refractivity contribution in [3.63, 3.8) is 0 Å². The zero-order valence-corrected chi connectivity index (χ0v) is 15.8. The van der Waals surface area contributed by atoms with E-state index in [4.69, 9.17) is 14.2 Å². The molecule has 0 atom stereocenters. The molecule has 1 aliphatic heterocycles. The first-order valence-electron chi connectivity index (χ1n) is 8.14. The number of nitrogens with one attached hydrogen (secondary N) is 1. The van der Waals surface area contributed by atoms with Crippen molar-refractivity contribution >= 4 is 21.7 Å². The third-order valence-electron chi connectivity index (χ3n) is 4.08. The summed E-state index contributed by atoms with van der Waals surface area (Å²) in [5, 5.41) is 11.1. The SMILES string of the molecule is CNS(=O)(=O)c1ccc(F)c(C(=O)OCc2cc([N+](=O)[O-])cc3c2OCOC3)c1. The van der Waals surface area contributed by atoms with Gasteiger partial charge in [-0.05, 0) is 25.2 Å². The summed E-state index contributed by atoms with van der Waals surface area (Å²) in [5.41, 5.74) is -0.239. The van der Waals surface area contributed by atoms with E-state index in [9.17, 15) is 27.7 Å². The standard InChI is InChI=1S/C17H15FN2O8S/c1-19-29(24,25)13-2-3-15(18)14(6-13)17(21)27-8-11-5-12(20(22)23)4-10-7-26-9-28-16(10)11/h2-6,19H,7-9H2,1H3. The number of non-ortho nitro benzene ring substituents is 1. The molecule has 1 aliphatic rings. The number of esters is 1. The number of nitrogens with zero attached hydrogens (tertiary/aromatic N) is 1. The molecule has 0 amide bonds. The number of benzene rings is 2. The van der Waals surface area contributed by atoms with Crippen molar-refractivity contribution in [2.24, 2.45) is 0 Å². The normalized spacial score (nSPS) is 13.3. The number of hydrogen-bond donors (Lipinski definition) is 1. The lowest BCUT2D eigenvalue weighted by atomic mass is 10.1. The third kappa shape index (κ3) is 4.34. The minimum atomic E-state index is -3.90. The van der Waals surface area contributed by atoms with Crippen molar-refractivity contribution in [2.45, 2.75) is 18.1 Å². The van der Waals surface area contributed by atoms with E-state index in [-0.39, 0.29) is 35.3 Å². The molecule has 3 rings (SSSR count). The van der Waals surface area contributed by atoms with E-state index >= 15 is 0 Å². The molecule has 12 heteroatoms.